The fraction of sp³-hybridized carbons (Fsp3) is 0.682. The number of fused-ring (bicyclic) bond motifs is 1. The molecule has 3 heterocycles. The van der Waals surface area contributed by atoms with Crippen molar-refractivity contribution in [1.29, 1.82) is 0 Å². The predicted octanol–water partition coefficient (Wildman–Crippen LogP) is 3.74. The van der Waals surface area contributed by atoms with Gasteiger partial charge in [0.15, 0.2) is 0 Å². The number of aryl methyl sites for hydroxylation is 2. The molecule has 6 heteroatoms. The first kappa shape index (κ1) is 19.4. The van der Waals surface area contributed by atoms with Crippen LogP contribution in [0.15, 0.2) is 18.3 Å². The average Bonchev–Trinajstić information content (AvgIpc) is 3.26. The van der Waals surface area contributed by atoms with Crippen LogP contribution in [0.4, 0.5) is 5.82 Å². The van der Waals surface area contributed by atoms with Crippen molar-refractivity contribution in [2.45, 2.75) is 53.0 Å². The summed E-state index contributed by atoms with van der Waals surface area (Å²) in [5.74, 6) is 2.56. The second-order valence-electron chi connectivity index (χ2n) is 10.0. The molecule has 1 saturated heterocycles. The number of rotatable bonds is 5. The van der Waals surface area contributed by atoms with E-state index in [-0.39, 0.29) is 0 Å². The topological polar surface area (TPSA) is 58.9 Å². The monoisotopic (exact) mass is 382 g/mol. The summed E-state index contributed by atoms with van der Waals surface area (Å²) >= 11 is 0. The van der Waals surface area contributed by atoms with Crippen molar-refractivity contribution in [3.05, 3.63) is 24.0 Å². The Labute approximate surface area is 168 Å². The Hall–Kier alpha value is -1.95. The van der Waals surface area contributed by atoms with Crippen molar-refractivity contribution in [3.63, 3.8) is 0 Å². The molecule has 1 unspecified atom stereocenters. The molecule has 0 bridgehead atoms. The molecule has 28 heavy (non-hydrogen) atoms. The van der Waals surface area contributed by atoms with Crippen molar-refractivity contribution in [2.75, 3.05) is 25.0 Å². The number of nitrogens with one attached hydrogen (secondary N) is 1. The molecule has 2 fully saturated rings. The van der Waals surface area contributed by atoms with Crippen molar-refractivity contribution >= 4 is 5.82 Å². The number of hydrogen-bond donors (Lipinski definition) is 1. The molecule has 2 aliphatic rings. The molecule has 1 saturated carbocycles. The molecule has 0 spiro atoms. The maximum atomic E-state index is 4.43. The lowest BCUT2D eigenvalue weighted by Gasteiger charge is -2.24. The van der Waals surface area contributed by atoms with E-state index in [1.807, 2.05) is 30.9 Å². The highest BCUT2D eigenvalue weighted by Gasteiger charge is 2.40. The van der Waals surface area contributed by atoms with Gasteiger partial charge in [-0.05, 0) is 62.1 Å². The van der Waals surface area contributed by atoms with Crippen molar-refractivity contribution < 1.29 is 0 Å². The van der Waals surface area contributed by atoms with E-state index in [0.717, 1.165) is 34.6 Å². The van der Waals surface area contributed by atoms with E-state index in [2.05, 4.69) is 52.4 Å². The van der Waals surface area contributed by atoms with Gasteiger partial charge in [-0.2, -0.15) is 5.10 Å². The lowest BCUT2D eigenvalue weighted by Crippen LogP contribution is -2.28. The smallest absolute Gasteiger partial charge is 0.148 e. The second kappa shape index (κ2) is 7.47. The van der Waals surface area contributed by atoms with Gasteiger partial charge in [0.25, 0.3) is 0 Å². The number of hydrogen-bond acceptors (Lipinski definition) is 5. The van der Waals surface area contributed by atoms with Gasteiger partial charge in [-0.25, -0.2) is 0 Å². The van der Waals surface area contributed by atoms with Crippen LogP contribution in [0.3, 0.4) is 0 Å². The molecule has 6 nitrogen and oxygen atoms in total. The van der Waals surface area contributed by atoms with Gasteiger partial charge >= 0.3 is 0 Å². The largest absolute Gasteiger partial charge is 0.366 e. The fourth-order valence-corrected chi connectivity index (χ4v) is 4.80. The van der Waals surface area contributed by atoms with E-state index < -0.39 is 0 Å². The van der Waals surface area contributed by atoms with Crippen LogP contribution in [0.25, 0.3) is 11.3 Å². The SMILES string of the molecule is Cc1nn(C)cc1-c1ccc(NC2C[C@@H]3CN(CCC(C)(C)C)C[C@@H]3C2)nn1. The summed E-state index contributed by atoms with van der Waals surface area (Å²) in [5, 5.41) is 16.9. The van der Waals surface area contributed by atoms with Crippen LogP contribution >= 0.6 is 0 Å². The Balaban J connectivity index is 1.29. The third kappa shape index (κ3) is 4.37. The molecular weight excluding hydrogens is 348 g/mol. The number of likely N-dealkylation sites (tertiary alicyclic amines) is 1. The van der Waals surface area contributed by atoms with Gasteiger partial charge in [-0.15, -0.1) is 10.2 Å². The van der Waals surface area contributed by atoms with E-state index in [1.165, 1.54) is 38.9 Å². The molecule has 3 atom stereocenters. The minimum atomic E-state index is 0.432. The number of aromatic nitrogens is 4. The lowest BCUT2D eigenvalue weighted by molar-refractivity contribution is 0.250. The van der Waals surface area contributed by atoms with Crippen LogP contribution in [0.5, 0.6) is 0 Å². The van der Waals surface area contributed by atoms with E-state index >= 15 is 0 Å². The van der Waals surface area contributed by atoms with Gasteiger partial charge in [-0.1, -0.05) is 20.8 Å². The first-order valence-corrected chi connectivity index (χ1v) is 10.6. The second-order valence-corrected chi connectivity index (χ2v) is 10.0. The summed E-state index contributed by atoms with van der Waals surface area (Å²) in [6, 6.07) is 4.63. The zero-order valence-electron chi connectivity index (χ0n) is 17.9. The zero-order chi connectivity index (χ0) is 19.9. The molecule has 1 aliphatic carbocycles. The molecule has 4 rings (SSSR count). The molecule has 1 aliphatic heterocycles. The summed E-state index contributed by atoms with van der Waals surface area (Å²) in [7, 11) is 1.93. The van der Waals surface area contributed by atoms with Crippen LogP contribution < -0.4 is 5.32 Å². The Morgan fingerprint density at radius 3 is 2.36 bits per heavy atom. The number of anilines is 1. The van der Waals surface area contributed by atoms with E-state index in [1.54, 1.807) is 0 Å². The Bertz CT molecular complexity index is 789. The van der Waals surface area contributed by atoms with Gasteiger partial charge in [0.1, 0.15) is 5.82 Å². The van der Waals surface area contributed by atoms with E-state index in [4.69, 9.17) is 0 Å². The van der Waals surface area contributed by atoms with Gasteiger partial charge in [0.05, 0.1) is 11.4 Å². The number of nitrogens with zero attached hydrogens (tertiary/aromatic N) is 5. The standard InChI is InChI=1S/C22H34N6/c1-15-19(14-27(5)26-15)20-6-7-21(25-24-20)23-18-10-16-12-28(13-17(16)11-18)9-8-22(2,3)4/h6-7,14,16-18H,8-13H2,1-5H3,(H,23,25)/t16-,17+,18?. The zero-order valence-corrected chi connectivity index (χ0v) is 17.9. The van der Waals surface area contributed by atoms with Crippen LogP contribution in [0.2, 0.25) is 0 Å². The van der Waals surface area contributed by atoms with Gasteiger partial charge in [0.2, 0.25) is 0 Å². The van der Waals surface area contributed by atoms with Gasteiger partial charge in [0, 0.05) is 37.9 Å². The lowest BCUT2D eigenvalue weighted by atomic mass is 9.92. The highest BCUT2D eigenvalue weighted by atomic mass is 15.3. The average molecular weight is 383 g/mol. The predicted molar refractivity (Wildman–Crippen MR) is 113 cm³/mol. The maximum absolute atomic E-state index is 4.43. The van der Waals surface area contributed by atoms with Crippen LogP contribution in [0.1, 0.15) is 45.7 Å². The summed E-state index contributed by atoms with van der Waals surface area (Å²) in [6.45, 7) is 12.8. The molecule has 0 amide bonds. The first-order chi connectivity index (χ1) is 13.3. The van der Waals surface area contributed by atoms with E-state index in [0.29, 0.717) is 11.5 Å². The Morgan fingerprint density at radius 2 is 1.82 bits per heavy atom. The minimum Gasteiger partial charge on any atom is -0.366 e. The molecule has 1 N–H and O–H groups in total. The van der Waals surface area contributed by atoms with Crippen molar-refractivity contribution in [1.82, 2.24) is 24.9 Å². The molecule has 0 aromatic carbocycles. The Morgan fingerprint density at radius 1 is 1.11 bits per heavy atom. The molecular formula is C22H34N6. The summed E-state index contributed by atoms with van der Waals surface area (Å²) < 4.78 is 1.82. The van der Waals surface area contributed by atoms with Crippen molar-refractivity contribution in [3.8, 4) is 11.3 Å². The molecule has 152 valence electrons. The summed E-state index contributed by atoms with van der Waals surface area (Å²) in [6.07, 6.45) is 5.78. The van der Waals surface area contributed by atoms with Gasteiger partial charge in [-0.3, -0.25) is 4.68 Å². The highest BCUT2D eigenvalue weighted by Crippen LogP contribution is 2.39. The normalized spacial score (nSPS) is 25.2. The van der Waals surface area contributed by atoms with E-state index in [9.17, 15) is 0 Å². The van der Waals surface area contributed by atoms with Crippen molar-refractivity contribution in [2.24, 2.45) is 24.3 Å². The Kier molecular flexibility index (Phi) is 5.17. The van der Waals surface area contributed by atoms with Gasteiger partial charge < -0.3 is 10.2 Å². The maximum Gasteiger partial charge on any atom is 0.148 e. The highest BCUT2D eigenvalue weighted by molar-refractivity contribution is 5.61. The minimum absolute atomic E-state index is 0.432. The van der Waals surface area contributed by atoms with Crippen LogP contribution in [-0.2, 0) is 7.05 Å². The molecule has 2 aromatic rings. The first-order valence-electron chi connectivity index (χ1n) is 10.6. The fourth-order valence-electron chi connectivity index (χ4n) is 4.80. The molecule has 0 radical (unpaired) electrons. The summed E-state index contributed by atoms with van der Waals surface area (Å²) in [5.41, 5.74) is 3.35. The molecule has 2 aromatic heterocycles. The third-order valence-electron chi connectivity index (χ3n) is 6.31. The quantitative estimate of drug-likeness (QED) is 0.853. The van der Waals surface area contributed by atoms with Crippen LogP contribution in [-0.4, -0.2) is 50.6 Å². The van der Waals surface area contributed by atoms with Crippen LogP contribution in [0, 0.1) is 24.2 Å². The summed E-state index contributed by atoms with van der Waals surface area (Å²) in [4.78, 5) is 2.68. The third-order valence-corrected chi connectivity index (χ3v) is 6.31.